The Labute approximate surface area is 74.5 Å². The highest BCUT2D eigenvalue weighted by molar-refractivity contribution is 4.97. The summed E-state index contributed by atoms with van der Waals surface area (Å²) in [5.41, 5.74) is 5.82. The van der Waals surface area contributed by atoms with Crippen LogP contribution in [0.1, 0.15) is 34.1 Å². The summed E-state index contributed by atoms with van der Waals surface area (Å²) in [5.74, 6) is 0. The topological polar surface area (TPSA) is 49.5 Å². The molecule has 1 atom stereocenters. The number of hydrogen-bond acceptors (Lipinski definition) is 3. The summed E-state index contributed by atoms with van der Waals surface area (Å²) in [7, 11) is 0. The maximum atomic E-state index is 9.70. The number of nitrogens with zero attached hydrogens (tertiary/aromatic N) is 1. The van der Waals surface area contributed by atoms with Crippen molar-refractivity contribution in [1.29, 1.82) is 0 Å². The molecular formula is C9H20N2O. The second-order valence-electron chi connectivity index (χ2n) is 5.19. The third-order valence-corrected chi connectivity index (χ3v) is 2.92. The molecule has 3 N–H and O–H groups in total. The van der Waals surface area contributed by atoms with E-state index in [-0.39, 0.29) is 17.0 Å². The molecule has 3 heteroatoms. The third kappa shape index (κ3) is 1.63. The van der Waals surface area contributed by atoms with Crippen molar-refractivity contribution >= 4 is 0 Å². The van der Waals surface area contributed by atoms with Crippen LogP contribution in [-0.2, 0) is 0 Å². The Morgan fingerprint density at radius 1 is 1.33 bits per heavy atom. The smallest absolute Gasteiger partial charge is 0.0555 e. The van der Waals surface area contributed by atoms with E-state index in [4.69, 9.17) is 5.73 Å². The van der Waals surface area contributed by atoms with Crippen molar-refractivity contribution in [3.05, 3.63) is 0 Å². The van der Waals surface area contributed by atoms with Crippen LogP contribution < -0.4 is 5.73 Å². The molecule has 1 rings (SSSR count). The Kier molecular flexibility index (Phi) is 2.23. The van der Waals surface area contributed by atoms with Crippen LogP contribution in [0, 0.1) is 5.41 Å². The molecule has 0 radical (unpaired) electrons. The summed E-state index contributed by atoms with van der Waals surface area (Å²) in [5, 5.41) is 11.1. The molecular weight excluding hydrogens is 152 g/mol. The molecule has 1 fully saturated rings. The molecule has 3 nitrogen and oxygen atoms in total. The van der Waals surface area contributed by atoms with E-state index in [1.807, 2.05) is 13.8 Å². The van der Waals surface area contributed by atoms with Crippen LogP contribution in [-0.4, -0.2) is 28.4 Å². The van der Waals surface area contributed by atoms with Crippen molar-refractivity contribution < 1.29 is 5.21 Å². The second-order valence-corrected chi connectivity index (χ2v) is 5.19. The van der Waals surface area contributed by atoms with E-state index in [0.29, 0.717) is 6.54 Å². The molecule has 0 saturated carbocycles. The molecule has 0 aromatic carbocycles. The van der Waals surface area contributed by atoms with Gasteiger partial charge in [-0.2, -0.15) is 5.06 Å². The second kappa shape index (κ2) is 2.69. The van der Waals surface area contributed by atoms with Gasteiger partial charge in [0.15, 0.2) is 0 Å². The fourth-order valence-corrected chi connectivity index (χ4v) is 1.71. The first-order valence-corrected chi connectivity index (χ1v) is 4.48. The van der Waals surface area contributed by atoms with E-state index >= 15 is 0 Å². The van der Waals surface area contributed by atoms with Crippen molar-refractivity contribution in [3.63, 3.8) is 0 Å². The minimum atomic E-state index is -0.282. The van der Waals surface area contributed by atoms with Gasteiger partial charge in [0.05, 0.1) is 5.54 Å². The molecule has 0 aromatic rings. The van der Waals surface area contributed by atoms with Gasteiger partial charge in [0.2, 0.25) is 0 Å². The molecule has 12 heavy (non-hydrogen) atoms. The van der Waals surface area contributed by atoms with E-state index < -0.39 is 0 Å². The lowest BCUT2D eigenvalue weighted by Crippen LogP contribution is -2.62. The molecule has 0 aromatic heterocycles. The van der Waals surface area contributed by atoms with Gasteiger partial charge in [-0.05, 0) is 25.7 Å². The predicted molar refractivity (Wildman–Crippen MR) is 48.9 cm³/mol. The highest BCUT2D eigenvalue weighted by Crippen LogP contribution is 2.35. The monoisotopic (exact) mass is 172 g/mol. The van der Waals surface area contributed by atoms with Gasteiger partial charge in [0.25, 0.3) is 0 Å². The van der Waals surface area contributed by atoms with Crippen LogP contribution in [0.15, 0.2) is 0 Å². The zero-order valence-corrected chi connectivity index (χ0v) is 8.46. The molecule has 0 amide bonds. The highest BCUT2D eigenvalue weighted by Gasteiger charge is 2.43. The van der Waals surface area contributed by atoms with E-state index in [1.165, 1.54) is 5.06 Å². The normalized spacial score (nSPS) is 35.0. The van der Waals surface area contributed by atoms with Crippen LogP contribution >= 0.6 is 0 Å². The maximum absolute atomic E-state index is 9.70. The van der Waals surface area contributed by atoms with Gasteiger partial charge in [-0.15, -0.1) is 0 Å². The van der Waals surface area contributed by atoms with Gasteiger partial charge >= 0.3 is 0 Å². The van der Waals surface area contributed by atoms with E-state index in [2.05, 4.69) is 13.8 Å². The summed E-state index contributed by atoms with van der Waals surface area (Å²) >= 11 is 0. The standard InChI is InChI=1S/C9H20N2O/c1-8(2)5-7(10)9(3,4)11(12)6-8/h7,12H,5-6,10H2,1-4H3. The van der Waals surface area contributed by atoms with Crippen molar-refractivity contribution in [3.8, 4) is 0 Å². The first-order valence-electron chi connectivity index (χ1n) is 4.48. The van der Waals surface area contributed by atoms with Crippen molar-refractivity contribution in [2.24, 2.45) is 11.1 Å². The zero-order chi connectivity index (χ0) is 9.57. The molecule has 0 bridgehead atoms. The Hall–Kier alpha value is -0.120. The molecule has 1 saturated heterocycles. The van der Waals surface area contributed by atoms with Crippen molar-refractivity contribution in [1.82, 2.24) is 5.06 Å². The zero-order valence-electron chi connectivity index (χ0n) is 8.46. The summed E-state index contributed by atoms with van der Waals surface area (Å²) in [6, 6.07) is 0.0475. The van der Waals surface area contributed by atoms with E-state index in [0.717, 1.165) is 6.42 Å². The first kappa shape index (κ1) is 9.96. The van der Waals surface area contributed by atoms with Gasteiger partial charge in [-0.25, -0.2) is 0 Å². The van der Waals surface area contributed by atoms with E-state index in [9.17, 15) is 5.21 Å². The predicted octanol–water partition coefficient (Wildman–Crippen LogP) is 1.21. The van der Waals surface area contributed by atoms with Gasteiger partial charge in [0.1, 0.15) is 0 Å². The van der Waals surface area contributed by atoms with Crippen LogP contribution in [0.25, 0.3) is 0 Å². The third-order valence-electron chi connectivity index (χ3n) is 2.92. The summed E-state index contributed by atoms with van der Waals surface area (Å²) in [6.07, 6.45) is 0.969. The average Bonchev–Trinajstić information content (AvgIpc) is 1.82. The van der Waals surface area contributed by atoms with E-state index in [1.54, 1.807) is 0 Å². The number of nitrogens with two attached hydrogens (primary N) is 1. The first-order chi connectivity index (χ1) is 5.26. The molecule has 1 unspecified atom stereocenters. The average molecular weight is 172 g/mol. The number of hydroxylamine groups is 2. The quantitative estimate of drug-likeness (QED) is 0.577. The van der Waals surface area contributed by atoms with Crippen LogP contribution in [0.3, 0.4) is 0 Å². The lowest BCUT2D eigenvalue weighted by atomic mass is 9.75. The van der Waals surface area contributed by atoms with Gasteiger partial charge < -0.3 is 10.9 Å². The van der Waals surface area contributed by atoms with Crippen molar-refractivity contribution in [2.75, 3.05) is 6.54 Å². The molecule has 1 aliphatic heterocycles. The van der Waals surface area contributed by atoms with Gasteiger partial charge in [-0.3, -0.25) is 0 Å². The lowest BCUT2D eigenvalue weighted by Gasteiger charge is -2.49. The van der Waals surface area contributed by atoms with Gasteiger partial charge in [-0.1, -0.05) is 13.8 Å². The van der Waals surface area contributed by atoms with Gasteiger partial charge in [0, 0.05) is 12.6 Å². The largest absolute Gasteiger partial charge is 0.326 e. The molecule has 0 spiro atoms. The Bertz CT molecular complexity index is 161. The maximum Gasteiger partial charge on any atom is 0.0555 e. The SMILES string of the molecule is CC1(C)CC(N)C(C)(C)N(O)C1. The van der Waals surface area contributed by atoms with Crippen LogP contribution in [0.4, 0.5) is 0 Å². The summed E-state index contributed by atoms with van der Waals surface area (Å²) < 4.78 is 0. The fourth-order valence-electron chi connectivity index (χ4n) is 1.71. The number of hydrogen-bond donors (Lipinski definition) is 2. The molecule has 1 aliphatic rings. The Morgan fingerprint density at radius 2 is 1.83 bits per heavy atom. The fraction of sp³-hybridized carbons (Fsp3) is 1.00. The van der Waals surface area contributed by atoms with Crippen LogP contribution in [0.5, 0.6) is 0 Å². The summed E-state index contributed by atoms with van der Waals surface area (Å²) in [4.78, 5) is 0. The number of rotatable bonds is 0. The molecule has 1 heterocycles. The lowest BCUT2D eigenvalue weighted by molar-refractivity contribution is -0.208. The highest BCUT2D eigenvalue weighted by atomic mass is 16.5. The molecule has 72 valence electrons. The Balaban J connectivity index is 2.78. The minimum Gasteiger partial charge on any atom is -0.326 e. The molecule has 0 aliphatic carbocycles. The summed E-state index contributed by atoms with van der Waals surface area (Å²) in [6.45, 7) is 8.92. The van der Waals surface area contributed by atoms with Crippen molar-refractivity contribution in [2.45, 2.75) is 45.7 Å². The van der Waals surface area contributed by atoms with Crippen LogP contribution in [0.2, 0.25) is 0 Å². The Morgan fingerprint density at radius 3 is 2.25 bits per heavy atom. The number of piperidine rings is 1. The minimum absolute atomic E-state index is 0.0475.